The van der Waals surface area contributed by atoms with E-state index in [2.05, 4.69) is 55.3 Å². The zero-order valence-electron chi connectivity index (χ0n) is 17.0. The van der Waals surface area contributed by atoms with Gasteiger partial charge in [0.1, 0.15) is 11.4 Å². The maximum atomic E-state index is 12.7. The topological polar surface area (TPSA) is 110 Å². The van der Waals surface area contributed by atoms with E-state index in [1.165, 1.54) is 10.1 Å². The number of rotatable bonds is 9. The molecule has 0 bridgehead atoms. The van der Waals surface area contributed by atoms with Crippen molar-refractivity contribution in [3.05, 3.63) is 61.8 Å². The second-order valence-electron chi connectivity index (χ2n) is 7.29. The number of nitrogens with one attached hydrogen (secondary N) is 2. The van der Waals surface area contributed by atoms with Gasteiger partial charge in [0.05, 0.1) is 6.54 Å². The van der Waals surface area contributed by atoms with E-state index in [-0.39, 0.29) is 29.9 Å². The summed E-state index contributed by atoms with van der Waals surface area (Å²) in [5.41, 5.74) is 6.81. The first-order valence-corrected chi connectivity index (χ1v) is 9.78. The molecule has 0 saturated heterocycles. The Morgan fingerprint density at radius 2 is 1.82 bits per heavy atom. The normalized spacial score (nSPS) is 12.3. The number of Topliss-reactive ketones (excluding diaryl/α,β-unsaturated/α-hetero) is 1. The standard InChI is InChI=1S/C21H30N4O3/c1-5-11-25-19(22)17(20(27)24-21(25)28)16(26)12-23-18(13(3)4)15-9-7-14(6-2)8-10-15/h7-10,13,18,23H,5-6,11-12,22H2,1-4H3,(H,24,27,28)/t18-/m0/s1. The zero-order valence-corrected chi connectivity index (χ0v) is 17.0. The van der Waals surface area contributed by atoms with Crippen LogP contribution in [0.15, 0.2) is 33.9 Å². The third-order valence-corrected chi connectivity index (χ3v) is 4.86. The highest BCUT2D eigenvalue weighted by atomic mass is 16.2. The minimum Gasteiger partial charge on any atom is -0.384 e. The first-order valence-electron chi connectivity index (χ1n) is 9.78. The Morgan fingerprint density at radius 3 is 2.36 bits per heavy atom. The Hall–Kier alpha value is -2.67. The number of nitrogens with two attached hydrogens (primary N) is 1. The van der Waals surface area contributed by atoms with Gasteiger partial charge in [-0.05, 0) is 29.9 Å². The van der Waals surface area contributed by atoms with E-state index in [1.807, 2.05) is 6.92 Å². The van der Waals surface area contributed by atoms with Gasteiger partial charge in [-0.25, -0.2) is 4.79 Å². The number of nitrogens with zero attached hydrogens (tertiary/aromatic N) is 1. The van der Waals surface area contributed by atoms with Gasteiger partial charge >= 0.3 is 5.69 Å². The summed E-state index contributed by atoms with van der Waals surface area (Å²) in [5, 5.41) is 3.25. The van der Waals surface area contributed by atoms with Gasteiger partial charge in [-0.1, -0.05) is 52.0 Å². The van der Waals surface area contributed by atoms with Crippen LogP contribution in [0.2, 0.25) is 0 Å². The fraction of sp³-hybridized carbons (Fsp3) is 0.476. The van der Waals surface area contributed by atoms with Gasteiger partial charge in [0.2, 0.25) is 0 Å². The summed E-state index contributed by atoms with van der Waals surface area (Å²) in [6.07, 6.45) is 1.62. The highest BCUT2D eigenvalue weighted by molar-refractivity contribution is 6.01. The van der Waals surface area contributed by atoms with Crippen molar-refractivity contribution in [3.63, 3.8) is 0 Å². The first-order chi connectivity index (χ1) is 13.3. The van der Waals surface area contributed by atoms with E-state index in [0.717, 1.165) is 12.0 Å². The fourth-order valence-corrected chi connectivity index (χ4v) is 3.29. The summed E-state index contributed by atoms with van der Waals surface area (Å²) in [6, 6.07) is 8.24. The highest BCUT2D eigenvalue weighted by Crippen LogP contribution is 2.22. The highest BCUT2D eigenvalue weighted by Gasteiger charge is 2.22. The number of carbonyl (C=O) groups excluding carboxylic acids is 1. The van der Waals surface area contributed by atoms with Crippen molar-refractivity contribution in [3.8, 4) is 0 Å². The van der Waals surface area contributed by atoms with E-state index in [4.69, 9.17) is 5.73 Å². The lowest BCUT2D eigenvalue weighted by Crippen LogP contribution is -2.39. The number of hydrogen-bond acceptors (Lipinski definition) is 5. The van der Waals surface area contributed by atoms with Crippen LogP contribution in [0.3, 0.4) is 0 Å². The number of aryl methyl sites for hydroxylation is 1. The molecular weight excluding hydrogens is 356 g/mol. The van der Waals surface area contributed by atoms with Crippen molar-refractivity contribution in [2.24, 2.45) is 5.92 Å². The molecule has 0 amide bonds. The van der Waals surface area contributed by atoms with Gasteiger partial charge in [-0.3, -0.25) is 19.1 Å². The largest absolute Gasteiger partial charge is 0.384 e. The number of hydrogen-bond donors (Lipinski definition) is 3. The predicted octanol–water partition coefficient (Wildman–Crippen LogP) is 2.26. The molecule has 0 unspecified atom stereocenters. The summed E-state index contributed by atoms with van der Waals surface area (Å²) < 4.78 is 1.23. The molecule has 0 fully saturated rings. The Bertz CT molecular complexity index is 926. The van der Waals surface area contributed by atoms with Gasteiger partial charge in [-0.15, -0.1) is 0 Å². The number of nitrogen functional groups attached to an aromatic ring is 1. The molecule has 1 aromatic heterocycles. The monoisotopic (exact) mass is 386 g/mol. The lowest BCUT2D eigenvalue weighted by atomic mass is 9.94. The molecule has 28 heavy (non-hydrogen) atoms. The van der Waals surface area contributed by atoms with Crippen LogP contribution in [-0.4, -0.2) is 21.9 Å². The lowest BCUT2D eigenvalue weighted by Gasteiger charge is -2.23. The van der Waals surface area contributed by atoms with E-state index in [0.29, 0.717) is 13.0 Å². The average molecular weight is 386 g/mol. The summed E-state index contributed by atoms with van der Waals surface area (Å²) in [7, 11) is 0. The van der Waals surface area contributed by atoms with E-state index < -0.39 is 17.0 Å². The summed E-state index contributed by atoms with van der Waals surface area (Å²) >= 11 is 0. The van der Waals surface area contributed by atoms with Crippen molar-refractivity contribution >= 4 is 11.6 Å². The first kappa shape index (κ1) is 21.6. The molecule has 1 atom stereocenters. The number of H-pyrrole nitrogens is 1. The van der Waals surface area contributed by atoms with E-state index >= 15 is 0 Å². The molecule has 2 rings (SSSR count). The van der Waals surface area contributed by atoms with Crippen molar-refractivity contribution in [2.45, 2.75) is 53.1 Å². The fourth-order valence-electron chi connectivity index (χ4n) is 3.29. The number of ketones is 1. The van der Waals surface area contributed by atoms with Crippen LogP contribution >= 0.6 is 0 Å². The summed E-state index contributed by atoms with van der Waals surface area (Å²) in [6.45, 7) is 8.42. The van der Waals surface area contributed by atoms with Gasteiger partial charge in [0, 0.05) is 12.6 Å². The number of carbonyl (C=O) groups is 1. The van der Waals surface area contributed by atoms with Crippen molar-refractivity contribution in [1.29, 1.82) is 0 Å². The minimum absolute atomic E-state index is 0.0447. The predicted molar refractivity (Wildman–Crippen MR) is 112 cm³/mol. The molecule has 1 heterocycles. The Balaban J connectivity index is 2.24. The third kappa shape index (κ3) is 4.78. The van der Waals surface area contributed by atoms with Crippen LogP contribution < -0.4 is 22.3 Å². The SMILES string of the molecule is CCCn1c(N)c(C(=O)CN[C@H](c2ccc(CC)cc2)C(C)C)c(=O)[nH]c1=O. The quantitative estimate of drug-likeness (QED) is 0.573. The van der Waals surface area contributed by atoms with Crippen molar-refractivity contribution in [1.82, 2.24) is 14.9 Å². The third-order valence-electron chi connectivity index (χ3n) is 4.86. The minimum atomic E-state index is -0.741. The molecule has 4 N–H and O–H groups in total. The molecule has 0 aliphatic heterocycles. The Morgan fingerprint density at radius 1 is 1.18 bits per heavy atom. The molecule has 0 saturated carbocycles. The van der Waals surface area contributed by atoms with Gasteiger partial charge in [0.25, 0.3) is 5.56 Å². The molecule has 152 valence electrons. The average Bonchev–Trinajstić information content (AvgIpc) is 2.65. The van der Waals surface area contributed by atoms with Crippen LogP contribution in [0, 0.1) is 5.92 Å². The van der Waals surface area contributed by atoms with Crippen LogP contribution in [0.1, 0.15) is 61.6 Å². The lowest BCUT2D eigenvalue weighted by molar-refractivity contribution is 0.0983. The summed E-state index contributed by atoms with van der Waals surface area (Å²) in [5.74, 6) is -0.264. The second kappa shape index (κ2) is 9.50. The van der Waals surface area contributed by atoms with Gasteiger partial charge in [-0.2, -0.15) is 0 Å². The van der Waals surface area contributed by atoms with Crippen LogP contribution in [0.4, 0.5) is 5.82 Å². The Kier molecular flexibility index (Phi) is 7.34. The number of aromatic nitrogens is 2. The van der Waals surface area contributed by atoms with E-state index in [1.54, 1.807) is 0 Å². The smallest absolute Gasteiger partial charge is 0.329 e. The maximum Gasteiger partial charge on any atom is 0.329 e. The molecule has 7 heteroatoms. The molecule has 0 radical (unpaired) electrons. The van der Waals surface area contributed by atoms with Crippen LogP contribution in [-0.2, 0) is 13.0 Å². The molecule has 0 aliphatic carbocycles. The molecule has 0 spiro atoms. The van der Waals surface area contributed by atoms with Gasteiger partial charge in [0.15, 0.2) is 5.78 Å². The Labute approximate surface area is 165 Å². The zero-order chi connectivity index (χ0) is 20.8. The van der Waals surface area contributed by atoms with Crippen molar-refractivity contribution < 1.29 is 4.79 Å². The molecule has 2 aromatic rings. The number of anilines is 1. The van der Waals surface area contributed by atoms with Crippen molar-refractivity contribution in [2.75, 3.05) is 12.3 Å². The second-order valence-corrected chi connectivity index (χ2v) is 7.29. The molecule has 1 aromatic carbocycles. The number of benzene rings is 1. The maximum absolute atomic E-state index is 12.7. The van der Waals surface area contributed by atoms with Crippen LogP contribution in [0.5, 0.6) is 0 Å². The van der Waals surface area contributed by atoms with E-state index in [9.17, 15) is 14.4 Å². The molecular formula is C21H30N4O3. The van der Waals surface area contributed by atoms with Gasteiger partial charge < -0.3 is 11.1 Å². The molecule has 0 aliphatic rings. The number of aromatic amines is 1. The van der Waals surface area contributed by atoms with Crippen LogP contribution in [0.25, 0.3) is 0 Å². The summed E-state index contributed by atoms with van der Waals surface area (Å²) in [4.78, 5) is 39.0. The molecule has 7 nitrogen and oxygen atoms in total.